The predicted molar refractivity (Wildman–Crippen MR) is 405 cm³/mol. The number of hydrogen-bond donors (Lipinski definition) is 5. The summed E-state index contributed by atoms with van der Waals surface area (Å²) in [5.74, 6) is 0.175. The van der Waals surface area contributed by atoms with Crippen molar-refractivity contribution in [3.63, 3.8) is 0 Å². The van der Waals surface area contributed by atoms with Crippen LogP contribution in [0, 0.1) is 0 Å². The number of nitrogens with two attached hydrogens (primary N) is 2. The van der Waals surface area contributed by atoms with Gasteiger partial charge in [-0.1, -0.05) is 43.0 Å². The minimum Gasteiger partial charge on any atom is -0.390 e. The molecule has 0 bridgehead atoms. The summed E-state index contributed by atoms with van der Waals surface area (Å²) in [5, 5.41) is 23.1. The third-order valence-corrected chi connectivity index (χ3v) is 23.4. The van der Waals surface area contributed by atoms with E-state index in [1.54, 1.807) is 83.6 Å². The molecule has 96 heavy (non-hydrogen) atoms. The molecule has 26 heteroatoms. The summed E-state index contributed by atoms with van der Waals surface area (Å²) in [5.41, 5.74) is 24.5. The van der Waals surface area contributed by atoms with Crippen LogP contribution in [0.1, 0.15) is 96.8 Å². The van der Waals surface area contributed by atoms with Crippen LogP contribution in [-0.2, 0) is 80.5 Å². The Morgan fingerprint density at radius 1 is 0.594 bits per heavy atom. The van der Waals surface area contributed by atoms with Gasteiger partial charge >= 0.3 is 0 Å². The van der Waals surface area contributed by atoms with E-state index in [-0.39, 0.29) is 23.5 Å². The van der Waals surface area contributed by atoms with E-state index in [9.17, 15) is 14.4 Å². The zero-order chi connectivity index (χ0) is 68.2. The number of carbonyl (C=O) groups excluding carboxylic acids is 3. The molecule has 0 atom stereocenters. The van der Waals surface area contributed by atoms with E-state index in [1.165, 1.54) is 57.1 Å². The maximum absolute atomic E-state index is 12.9. The van der Waals surface area contributed by atoms with Crippen LogP contribution < -0.4 is 27.4 Å². The number of halogens is 2. The smallest absolute Gasteiger partial charge is 0.248 e. The van der Waals surface area contributed by atoms with Crippen molar-refractivity contribution in [1.29, 1.82) is 0 Å². The summed E-state index contributed by atoms with van der Waals surface area (Å²) in [7, 11) is 3.78. The number of anilines is 3. The van der Waals surface area contributed by atoms with Gasteiger partial charge in [-0.3, -0.25) is 38.4 Å². The van der Waals surface area contributed by atoms with Crippen LogP contribution in [0.3, 0.4) is 0 Å². The summed E-state index contributed by atoms with van der Waals surface area (Å²) in [6, 6.07) is 26.3. The first-order chi connectivity index (χ1) is 46.3. The number of fused-ring (bicyclic) bond motifs is 6. The van der Waals surface area contributed by atoms with Crippen LogP contribution in [0.2, 0.25) is 0 Å². The molecule has 3 aromatic carbocycles. The second-order valence-corrected chi connectivity index (χ2v) is 31.5. The van der Waals surface area contributed by atoms with Crippen LogP contribution >= 0.6 is 91.2 Å². The van der Waals surface area contributed by atoms with Gasteiger partial charge in [-0.2, -0.15) is 10.2 Å². The molecule has 14 rings (SSSR count). The van der Waals surface area contributed by atoms with E-state index in [0.29, 0.717) is 50.1 Å². The number of hydrogen-bond acceptors (Lipinski definition) is 20. The number of thiophene rings is 3. The third-order valence-electron chi connectivity index (χ3n) is 16.6. The molecule has 3 aliphatic heterocycles. The molecule has 2 amide bonds. The van der Waals surface area contributed by atoms with Crippen molar-refractivity contribution in [2.24, 2.45) is 19.8 Å². The number of amides is 2. The van der Waals surface area contributed by atoms with Gasteiger partial charge in [0.15, 0.2) is 0 Å². The first-order valence-electron chi connectivity index (χ1n) is 32.1. The van der Waals surface area contributed by atoms with Gasteiger partial charge in [-0.25, -0.2) is 15.0 Å². The monoisotopic (exact) mass is 1440 g/mol. The lowest BCUT2D eigenvalue weighted by molar-refractivity contribution is -0.116. The van der Waals surface area contributed by atoms with Crippen LogP contribution in [0.5, 0.6) is 0 Å². The minimum atomic E-state index is -0.370. The maximum atomic E-state index is 12.9. The molecule has 18 nitrogen and oxygen atoms in total. The Balaban J connectivity index is 0.000000144. The highest BCUT2D eigenvalue weighted by molar-refractivity contribution is 7.24. The van der Waals surface area contributed by atoms with Crippen molar-refractivity contribution < 1.29 is 14.4 Å². The number of rotatable bonds is 17. The van der Waals surface area contributed by atoms with Gasteiger partial charge in [0.25, 0.3) is 0 Å². The van der Waals surface area contributed by atoms with Crippen LogP contribution in [0.15, 0.2) is 110 Å². The Hall–Kier alpha value is -6.62. The predicted octanol–water partition coefficient (Wildman–Crippen LogP) is 15.2. The third kappa shape index (κ3) is 18.2. The zero-order valence-electron chi connectivity index (χ0n) is 55.4. The van der Waals surface area contributed by atoms with E-state index in [0.717, 1.165) is 127 Å². The van der Waals surface area contributed by atoms with Gasteiger partial charge in [-0.05, 0) is 132 Å². The second kappa shape index (κ2) is 33.8. The van der Waals surface area contributed by atoms with Crippen LogP contribution in [-0.4, -0.2) is 116 Å². The number of para-hydroxylation sites is 3. The highest BCUT2D eigenvalue weighted by Crippen LogP contribution is 2.48. The molecule has 3 aliphatic rings. The van der Waals surface area contributed by atoms with Crippen molar-refractivity contribution in [2.45, 2.75) is 124 Å². The molecule has 0 saturated heterocycles. The number of nitrogens with one attached hydrogen (secondary N) is 3. The van der Waals surface area contributed by atoms with Crippen molar-refractivity contribution in [2.75, 3.05) is 48.4 Å². The Morgan fingerprint density at radius 2 is 1.01 bits per heavy atom. The molecule has 0 fully saturated rings. The lowest BCUT2D eigenvalue weighted by Crippen LogP contribution is -2.35. The molecule has 0 radical (unpaired) electrons. The molecule has 8 aromatic heterocycles. The van der Waals surface area contributed by atoms with Crippen LogP contribution in [0.25, 0.3) is 62.4 Å². The van der Waals surface area contributed by atoms with Gasteiger partial charge in [0.2, 0.25) is 17.1 Å². The highest BCUT2D eigenvalue weighted by Gasteiger charge is 2.31. The van der Waals surface area contributed by atoms with Gasteiger partial charge < -0.3 is 27.4 Å². The molecule has 0 aliphatic carbocycles. The fraction of sp³-hybridized carbons (Fsp3) is 0.371. The summed E-state index contributed by atoms with van der Waals surface area (Å²) in [6.45, 7) is 25.0. The number of nitrogen functional groups attached to an aromatic ring is 1. The van der Waals surface area contributed by atoms with E-state index in [4.69, 9.17) is 49.6 Å². The fourth-order valence-corrected chi connectivity index (χ4v) is 18.8. The summed E-state index contributed by atoms with van der Waals surface area (Å²) < 4.78 is 7.10. The summed E-state index contributed by atoms with van der Waals surface area (Å²) in [6.07, 6.45) is 12.5. The largest absolute Gasteiger partial charge is 0.390 e. The van der Waals surface area contributed by atoms with Crippen molar-refractivity contribution in [1.82, 2.24) is 54.5 Å². The first-order valence-corrected chi connectivity index (χ1v) is 37.9. The van der Waals surface area contributed by atoms with E-state index < -0.39 is 0 Å². The van der Waals surface area contributed by atoms with Gasteiger partial charge in [0.1, 0.15) is 25.0 Å². The number of thiazole rings is 3. The standard InChI is InChI=1S/C25H30N6OS2.C20H21N3OS2.C17H19N3S2.C5H9N3.C3H4Cl2O/c1-16(2)31-11-9-18-21(15-31)34-25(23(18)24-28-19-6-4-5-7-20(19)33-24)29-22(32)8-10-26-12-17-13-27-30(3)14-17;1-4-17(24)22-20-18(19-21-14-7-5-6-8-15(14)25-19)13-9-10-23(12(2)3)11-16(13)26-20;1-10(2)20-8-7-11-14(9-20)21-16(18)15(11)17-19-12-5-3-4-6-13(12)22-17;1-8-4-5(2-6)3-7-8;4-2-1-3(5)6/h4-7,13-14,16,26H,8-12,15H2,1-3H3,(H,29,32);4-8,12H,1,9-11H2,2-3H3,(H,22,24);3-6,10H,7-9,18H2,1-2H3;3-4H,2,6H2,1H3;1-2H2. The first kappa shape index (κ1) is 72.1. The van der Waals surface area contributed by atoms with Gasteiger partial charge in [-0.15, -0.1) is 79.6 Å². The Labute approximate surface area is 595 Å². The lowest BCUT2D eigenvalue weighted by atomic mass is 10.0. The normalized spacial score (nSPS) is 13.9. The van der Waals surface area contributed by atoms with Crippen molar-refractivity contribution in [3.8, 4) is 31.7 Å². The van der Waals surface area contributed by atoms with Crippen molar-refractivity contribution >= 4 is 154 Å². The number of aryl methyl sites for hydroxylation is 2. The van der Waals surface area contributed by atoms with Gasteiger partial charge in [0, 0.05) is 165 Å². The number of benzene rings is 3. The average molecular weight is 1450 g/mol. The molecule has 11 aromatic rings. The number of alkyl halides is 1. The molecular formula is C70H83Cl2N15O3S6. The number of aromatic nitrogens is 7. The highest BCUT2D eigenvalue weighted by atomic mass is 35.5. The Morgan fingerprint density at radius 3 is 1.39 bits per heavy atom. The summed E-state index contributed by atoms with van der Waals surface area (Å²) >= 11 is 20.2. The number of nitrogens with zero attached hydrogens (tertiary/aromatic N) is 10. The quantitative estimate of drug-likeness (QED) is 0.0248. The molecule has 11 heterocycles. The molecule has 0 unspecified atom stereocenters. The Bertz CT molecular complexity index is 4360. The molecular weight excluding hydrogens is 1360 g/mol. The SMILES string of the molecule is C=CC(=O)Nc1sc2c(c1-c1nc3ccccc3s1)CCN(C(C)C)C2.CC(C)N1CCc2c(sc(N)c2-c2nc3ccccc3s2)C1.CC(C)N1CCc2c(sc(NC(=O)CCNCc3cnn(C)c3)c2-c2nc3ccccc3s2)C1.Cn1cc(CN)cn1.O=C(Cl)CCCl. The molecule has 0 saturated carbocycles. The second-order valence-electron chi connectivity index (χ2n) is 24.3. The lowest BCUT2D eigenvalue weighted by Gasteiger charge is -2.30. The van der Waals surface area contributed by atoms with Gasteiger partial charge in [0.05, 0.1) is 48.0 Å². The van der Waals surface area contributed by atoms with E-state index >= 15 is 0 Å². The maximum Gasteiger partial charge on any atom is 0.248 e. The fourth-order valence-electron chi connectivity index (χ4n) is 11.4. The van der Waals surface area contributed by atoms with E-state index in [1.807, 2.05) is 63.0 Å². The minimum absolute atomic E-state index is 0.0281. The number of carbonyl (C=O) groups is 3. The van der Waals surface area contributed by atoms with Crippen molar-refractivity contribution in [3.05, 3.63) is 153 Å². The Kier molecular flexibility index (Phi) is 25.4. The summed E-state index contributed by atoms with van der Waals surface area (Å²) in [4.78, 5) is 60.8. The van der Waals surface area contributed by atoms with E-state index in [2.05, 4.69) is 131 Å². The topological polar surface area (TPSA) is 223 Å². The molecule has 506 valence electrons. The molecule has 7 N–H and O–H groups in total. The molecule has 0 spiro atoms. The zero-order valence-corrected chi connectivity index (χ0v) is 61.8. The van der Waals surface area contributed by atoms with Crippen LogP contribution in [0.4, 0.5) is 15.0 Å². The average Bonchev–Trinajstić information content (AvgIpc) is 1.65.